The number of nitrogens with one attached hydrogen (secondary N) is 1. The predicted octanol–water partition coefficient (Wildman–Crippen LogP) is 2.66. The maximum absolute atomic E-state index is 5.54. The number of rotatable bonds is 6. The fourth-order valence-electron chi connectivity index (χ4n) is 3.73. The van der Waals surface area contributed by atoms with Crippen molar-refractivity contribution >= 4 is 0 Å². The van der Waals surface area contributed by atoms with Crippen molar-refractivity contribution in [3.63, 3.8) is 0 Å². The van der Waals surface area contributed by atoms with Gasteiger partial charge >= 0.3 is 0 Å². The summed E-state index contributed by atoms with van der Waals surface area (Å²) in [7, 11) is 1.86. The number of piperidine rings is 1. The predicted molar refractivity (Wildman–Crippen MR) is 80.5 cm³/mol. The fraction of sp³-hybridized carbons (Fsp3) is 1.00. The SMILES string of the molecule is CCCNC1CCCCC1CN1CCCC(OC)C1. The van der Waals surface area contributed by atoms with Crippen LogP contribution in [0.15, 0.2) is 0 Å². The lowest BCUT2D eigenvalue weighted by Gasteiger charge is -2.39. The van der Waals surface area contributed by atoms with Crippen LogP contribution >= 0.6 is 0 Å². The highest BCUT2D eigenvalue weighted by Crippen LogP contribution is 2.26. The average molecular weight is 268 g/mol. The number of hydrogen-bond donors (Lipinski definition) is 1. The fourth-order valence-corrected chi connectivity index (χ4v) is 3.73. The van der Waals surface area contributed by atoms with Crippen LogP contribution in [0.25, 0.3) is 0 Å². The topological polar surface area (TPSA) is 24.5 Å². The summed E-state index contributed by atoms with van der Waals surface area (Å²) >= 11 is 0. The summed E-state index contributed by atoms with van der Waals surface area (Å²) in [5.74, 6) is 0.857. The Hall–Kier alpha value is -0.120. The standard InChI is InChI=1S/C16H32N2O/c1-3-10-17-16-9-5-4-7-14(16)12-18-11-6-8-15(13-18)19-2/h14-17H,3-13H2,1-2H3. The molecule has 19 heavy (non-hydrogen) atoms. The first kappa shape index (κ1) is 15.3. The summed E-state index contributed by atoms with van der Waals surface area (Å²) < 4.78 is 5.54. The normalized spacial score (nSPS) is 33.5. The minimum absolute atomic E-state index is 0.472. The van der Waals surface area contributed by atoms with Crippen LogP contribution < -0.4 is 5.32 Å². The van der Waals surface area contributed by atoms with Crippen LogP contribution in [0.4, 0.5) is 0 Å². The molecule has 2 aliphatic rings. The molecule has 0 amide bonds. The van der Waals surface area contributed by atoms with Gasteiger partial charge in [-0.1, -0.05) is 19.8 Å². The van der Waals surface area contributed by atoms with Gasteiger partial charge in [0.1, 0.15) is 0 Å². The van der Waals surface area contributed by atoms with Crippen LogP contribution in [0.2, 0.25) is 0 Å². The van der Waals surface area contributed by atoms with Crippen molar-refractivity contribution in [2.24, 2.45) is 5.92 Å². The molecule has 0 aromatic rings. The van der Waals surface area contributed by atoms with Crippen LogP contribution in [0.3, 0.4) is 0 Å². The summed E-state index contributed by atoms with van der Waals surface area (Å²) in [6.07, 6.45) is 9.91. The summed E-state index contributed by atoms with van der Waals surface area (Å²) in [5.41, 5.74) is 0. The lowest BCUT2D eigenvalue weighted by molar-refractivity contribution is 0.0209. The largest absolute Gasteiger partial charge is 0.380 e. The number of hydrogen-bond acceptors (Lipinski definition) is 3. The van der Waals surface area contributed by atoms with E-state index in [0.717, 1.165) is 18.5 Å². The molecule has 112 valence electrons. The molecule has 3 unspecified atom stereocenters. The van der Waals surface area contributed by atoms with E-state index in [9.17, 15) is 0 Å². The summed E-state index contributed by atoms with van der Waals surface area (Å²) in [6.45, 7) is 7.14. The first-order chi connectivity index (χ1) is 9.33. The molecule has 0 aromatic carbocycles. The Labute approximate surface area is 119 Å². The third-order valence-electron chi connectivity index (χ3n) is 4.85. The molecule has 0 radical (unpaired) electrons. The molecule has 0 bridgehead atoms. The molecule has 2 rings (SSSR count). The summed E-state index contributed by atoms with van der Waals surface area (Å²) in [6, 6.07) is 0.761. The molecule has 3 atom stereocenters. The van der Waals surface area contributed by atoms with Crippen molar-refractivity contribution in [3.8, 4) is 0 Å². The minimum atomic E-state index is 0.472. The van der Waals surface area contributed by atoms with Gasteiger partial charge in [0.2, 0.25) is 0 Å². The van der Waals surface area contributed by atoms with Crippen LogP contribution in [0, 0.1) is 5.92 Å². The Bertz CT molecular complexity index is 247. The molecular weight excluding hydrogens is 236 g/mol. The van der Waals surface area contributed by atoms with Crippen molar-refractivity contribution in [2.75, 3.05) is 33.3 Å². The van der Waals surface area contributed by atoms with E-state index in [1.807, 2.05) is 7.11 Å². The van der Waals surface area contributed by atoms with Crippen LogP contribution in [-0.4, -0.2) is 50.3 Å². The highest BCUT2D eigenvalue weighted by molar-refractivity contribution is 4.85. The smallest absolute Gasteiger partial charge is 0.0698 e. The van der Waals surface area contributed by atoms with Gasteiger partial charge in [-0.3, -0.25) is 0 Å². The Morgan fingerprint density at radius 3 is 2.79 bits per heavy atom. The molecule has 2 fully saturated rings. The van der Waals surface area contributed by atoms with Gasteiger partial charge in [0.05, 0.1) is 6.10 Å². The number of likely N-dealkylation sites (tertiary alicyclic amines) is 1. The zero-order chi connectivity index (χ0) is 13.5. The molecule has 1 aliphatic heterocycles. The van der Waals surface area contributed by atoms with Crippen molar-refractivity contribution in [2.45, 2.75) is 64.0 Å². The van der Waals surface area contributed by atoms with Crippen LogP contribution in [0.1, 0.15) is 51.9 Å². The zero-order valence-electron chi connectivity index (χ0n) is 12.9. The van der Waals surface area contributed by atoms with E-state index >= 15 is 0 Å². The second-order valence-corrected chi connectivity index (χ2v) is 6.36. The maximum atomic E-state index is 5.54. The first-order valence-corrected chi connectivity index (χ1v) is 8.32. The second kappa shape index (κ2) is 8.23. The molecule has 3 heteroatoms. The van der Waals surface area contributed by atoms with E-state index in [2.05, 4.69) is 17.1 Å². The van der Waals surface area contributed by atoms with Gasteiger partial charge in [-0.15, -0.1) is 0 Å². The zero-order valence-corrected chi connectivity index (χ0v) is 12.9. The molecule has 0 aromatic heterocycles. The molecule has 0 spiro atoms. The molecule has 1 saturated carbocycles. The van der Waals surface area contributed by atoms with Crippen molar-refractivity contribution in [1.29, 1.82) is 0 Å². The van der Waals surface area contributed by atoms with E-state index in [1.165, 1.54) is 64.6 Å². The Balaban J connectivity index is 1.80. The van der Waals surface area contributed by atoms with Gasteiger partial charge in [0.15, 0.2) is 0 Å². The minimum Gasteiger partial charge on any atom is -0.380 e. The van der Waals surface area contributed by atoms with Gasteiger partial charge in [-0.2, -0.15) is 0 Å². The summed E-state index contributed by atoms with van der Waals surface area (Å²) in [4.78, 5) is 2.65. The average Bonchev–Trinajstić information content (AvgIpc) is 2.46. The van der Waals surface area contributed by atoms with E-state index in [4.69, 9.17) is 4.74 Å². The highest BCUT2D eigenvalue weighted by atomic mass is 16.5. The van der Waals surface area contributed by atoms with E-state index in [0.29, 0.717) is 6.10 Å². The Kier molecular flexibility index (Phi) is 6.62. The quantitative estimate of drug-likeness (QED) is 0.801. The van der Waals surface area contributed by atoms with Crippen LogP contribution in [0.5, 0.6) is 0 Å². The molecule has 1 N–H and O–H groups in total. The number of methoxy groups -OCH3 is 1. The number of nitrogens with zero attached hydrogens (tertiary/aromatic N) is 1. The van der Waals surface area contributed by atoms with Gasteiger partial charge < -0.3 is 15.0 Å². The van der Waals surface area contributed by atoms with Crippen molar-refractivity contribution in [3.05, 3.63) is 0 Å². The van der Waals surface area contributed by atoms with E-state index in [-0.39, 0.29) is 0 Å². The van der Waals surface area contributed by atoms with Crippen LogP contribution in [-0.2, 0) is 4.74 Å². The van der Waals surface area contributed by atoms with Gasteiger partial charge in [0.25, 0.3) is 0 Å². The third kappa shape index (κ3) is 4.73. The Morgan fingerprint density at radius 2 is 2.00 bits per heavy atom. The monoisotopic (exact) mass is 268 g/mol. The molecule has 3 nitrogen and oxygen atoms in total. The van der Waals surface area contributed by atoms with Gasteiger partial charge in [-0.05, 0) is 51.1 Å². The molecule has 1 heterocycles. The van der Waals surface area contributed by atoms with E-state index in [1.54, 1.807) is 0 Å². The third-order valence-corrected chi connectivity index (χ3v) is 4.85. The van der Waals surface area contributed by atoms with Gasteiger partial charge in [-0.25, -0.2) is 0 Å². The first-order valence-electron chi connectivity index (χ1n) is 8.32. The van der Waals surface area contributed by atoms with Crippen molar-refractivity contribution in [1.82, 2.24) is 10.2 Å². The van der Waals surface area contributed by atoms with Gasteiger partial charge in [0, 0.05) is 26.2 Å². The maximum Gasteiger partial charge on any atom is 0.0698 e. The molecule has 1 saturated heterocycles. The second-order valence-electron chi connectivity index (χ2n) is 6.36. The van der Waals surface area contributed by atoms with E-state index < -0.39 is 0 Å². The Morgan fingerprint density at radius 1 is 1.16 bits per heavy atom. The lowest BCUT2D eigenvalue weighted by atomic mass is 9.83. The highest BCUT2D eigenvalue weighted by Gasteiger charge is 2.28. The number of ether oxygens (including phenoxy) is 1. The molecular formula is C16H32N2O. The molecule has 1 aliphatic carbocycles. The summed E-state index contributed by atoms with van der Waals surface area (Å²) in [5, 5.41) is 3.78. The lowest BCUT2D eigenvalue weighted by Crippen LogP contribution is -2.47. The van der Waals surface area contributed by atoms with Crippen molar-refractivity contribution < 1.29 is 4.74 Å².